The zero-order valence-electron chi connectivity index (χ0n) is 20.1. The average molecular weight is 577 g/mol. The van der Waals surface area contributed by atoms with Gasteiger partial charge in [0.1, 0.15) is 0 Å². The van der Waals surface area contributed by atoms with Crippen molar-refractivity contribution in [2.24, 2.45) is 0 Å². The van der Waals surface area contributed by atoms with Gasteiger partial charge in [-0.3, -0.25) is 14.3 Å². The minimum absolute atomic E-state index is 0.0127. The maximum absolute atomic E-state index is 14.1. The van der Waals surface area contributed by atoms with Gasteiger partial charge < -0.3 is 5.32 Å². The van der Waals surface area contributed by atoms with Gasteiger partial charge in [-0.15, -0.1) is 0 Å². The van der Waals surface area contributed by atoms with E-state index in [0.29, 0.717) is 13.1 Å². The molecule has 1 fully saturated rings. The van der Waals surface area contributed by atoms with Gasteiger partial charge in [-0.25, -0.2) is 13.4 Å². The van der Waals surface area contributed by atoms with Crippen molar-refractivity contribution in [3.05, 3.63) is 67.7 Å². The number of likely N-dealkylation sites (tertiary alicyclic amines) is 1. The molecule has 37 heavy (non-hydrogen) atoms. The van der Waals surface area contributed by atoms with E-state index in [-0.39, 0.29) is 61.9 Å². The van der Waals surface area contributed by atoms with Gasteiger partial charge in [-0.05, 0) is 48.9 Å². The standard InChI is InChI=1S/C24H25Cl2F3N4O3S/c1-3-37(35,36)20-5-4-15(25)8-14(20)10-33-13-31-22-17(23(33)34)9-19(24(27,28)29)18(21(22)26)12-32-7-6-16(11-32)30-2/h4-5,8-9,13,16,30H,3,6-7,10-12H2,1-2H3/t16-/m1/s1. The third-order valence-corrected chi connectivity index (χ3v) is 9.08. The minimum atomic E-state index is -4.75. The van der Waals surface area contributed by atoms with Crippen molar-refractivity contribution in [3.63, 3.8) is 0 Å². The maximum Gasteiger partial charge on any atom is 0.416 e. The molecule has 0 amide bonds. The van der Waals surface area contributed by atoms with Crippen LogP contribution in [0.15, 0.2) is 40.3 Å². The summed E-state index contributed by atoms with van der Waals surface area (Å²) >= 11 is 12.5. The topological polar surface area (TPSA) is 84.3 Å². The normalized spacial score (nSPS) is 17.1. The lowest BCUT2D eigenvalue weighted by Crippen LogP contribution is -2.30. The highest BCUT2D eigenvalue weighted by atomic mass is 35.5. The van der Waals surface area contributed by atoms with Crippen LogP contribution in [0.5, 0.6) is 0 Å². The molecule has 13 heteroatoms. The second-order valence-electron chi connectivity index (χ2n) is 8.95. The van der Waals surface area contributed by atoms with Crippen molar-refractivity contribution in [2.45, 2.75) is 43.5 Å². The summed E-state index contributed by atoms with van der Waals surface area (Å²) in [5.41, 5.74) is -1.71. The van der Waals surface area contributed by atoms with Crippen LogP contribution in [0.3, 0.4) is 0 Å². The molecule has 0 spiro atoms. The molecule has 1 aliphatic heterocycles. The summed E-state index contributed by atoms with van der Waals surface area (Å²) in [5, 5.41) is 2.85. The summed E-state index contributed by atoms with van der Waals surface area (Å²) in [4.78, 5) is 19.4. The number of nitrogens with zero attached hydrogens (tertiary/aromatic N) is 3. The van der Waals surface area contributed by atoms with Gasteiger partial charge in [-0.2, -0.15) is 13.2 Å². The first-order valence-corrected chi connectivity index (χ1v) is 13.9. The fourth-order valence-electron chi connectivity index (χ4n) is 4.57. The van der Waals surface area contributed by atoms with E-state index in [1.54, 1.807) is 7.05 Å². The van der Waals surface area contributed by atoms with Gasteiger partial charge in [-0.1, -0.05) is 30.1 Å². The third kappa shape index (κ3) is 5.65. The Morgan fingerprint density at radius 1 is 1.19 bits per heavy atom. The minimum Gasteiger partial charge on any atom is -0.316 e. The Balaban J connectivity index is 1.82. The van der Waals surface area contributed by atoms with Gasteiger partial charge in [0.2, 0.25) is 0 Å². The average Bonchev–Trinajstić information content (AvgIpc) is 3.29. The molecule has 0 bridgehead atoms. The van der Waals surface area contributed by atoms with Crippen LogP contribution in [-0.4, -0.2) is 54.8 Å². The van der Waals surface area contributed by atoms with Crippen LogP contribution in [0.4, 0.5) is 13.2 Å². The Kier molecular flexibility index (Phi) is 7.92. The van der Waals surface area contributed by atoms with E-state index in [0.717, 1.165) is 23.4 Å². The van der Waals surface area contributed by atoms with Gasteiger partial charge in [0, 0.05) is 30.7 Å². The molecule has 0 unspecified atom stereocenters. The monoisotopic (exact) mass is 576 g/mol. The SMILES string of the molecule is CCS(=O)(=O)c1ccc(Cl)cc1Cn1cnc2c(Cl)c(CN3CC[C@@H](NC)C3)c(C(F)(F)F)cc2c1=O. The Morgan fingerprint density at radius 2 is 1.92 bits per heavy atom. The molecule has 1 atom stereocenters. The number of aromatic nitrogens is 2. The number of alkyl halides is 3. The summed E-state index contributed by atoms with van der Waals surface area (Å²) in [6.45, 7) is 2.37. The molecule has 2 aromatic carbocycles. The lowest BCUT2D eigenvalue weighted by molar-refractivity contribution is -0.138. The molecule has 3 aromatic rings. The van der Waals surface area contributed by atoms with E-state index in [1.807, 2.05) is 4.90 Å². The summed E-state index contributed by atoms with van der Waals surface area (Å²) in [7, 11) is -1.85. The van der Waals surface area contributed by atoms with Gasteiger partial charge in [0.25, 0.3) is 5.56 Å². The molecular formula is C24H25Cl2F3N4O3S. The number of hydrogen-bond donors (Lipinski definition) is 1. The Labute approximate surface area is 222 Å². The largest absolute Gasteiger partial charge is 0.416 e. The first-order chi connectivity index (χ1) is 17.4. The van der Waals surface area contributed by atoms with Crippen LogP contribution in [-0.2, 0) is 29.1 Å². The lowest BCUT2D eigenvalue weighted by atomic mass is 10.0. The molecule has 4 rings (SSSR count). The number of hydrogen-bond acceptors (Lipinski definition) is 6. The molecule has 0 saturated carbocycles. The molecular weight excluding hydrogens is 552 g/mol. The number of halogens is 5. The van der Waals surface area contributed by atoms with E-state index in [4.69, 9.17) is 23.2 Å². The summed E-state index contributed by atoms with van der Waals surface area (Å²) in [6, 6.07) is 5.14. The molecule has 7 nitrogen and oxygen atoms in total. The van der Waals surface area contributed by atoms with Crippen LogP contribution in [0, 0.1) is 0 Å². The molecule has 0 radical (unpaired) electrons. The molecule has 200 valence electrons. The molecule has 1 N–H and O–H groups in total. The van der Waals surface area contributed by atoms with Crippen molar-refractivity contribution in [1.82, 2.24) is 19.8 Å². The highest BCUT2D eigenvalue weighted by Gasteiger charge is 2.37. The number of benzene rings is 2. The molecule has 2 heterocycles. The number of sulfone groups is 1. The first kappa shape index (κ1) is 27.8. The van der Waals surface area contributed by atoms with Crippen LogP contribution in [0.2, 0.25) is 10.0 Å². The van der Waals surface area contributed by atoms with Crippen LogP contribution in [0.25, 0.3) is 10.9 Å². The van der Waals surface area contributed by atoms with E-state index >= 15 is 0 Å². The summed E-state index contributed by atoms with van der Waals surface area (Å²) in [6.07, 6.45) is -2.80. The smallest absolute Gasteiger partial charge is 0.316 e. The summed E-state index contributed by atoms with van der Waals surface area (Å²) in [5.74, 6) is -0.175. The molecule has 0 aliphatic carbocycles. The lowest BCUT2D eigenvalue weighted by Gasteiger charge is -2.22. The second kappa shape index (κ2) is 10.5. The van der Waals surface area contributed by atoms with Crippen molar-refractivity contribution in [1.29, 1.82) is 0 Å². The van der Waals surface area contributed by atoms with Gasteiger partial charge in [0.05, 0.1) is 45.0 Å². The van der Waals surface area contributed by atoms with Crippen molar-refractivity contribution in [3.8, 4) is 0 Å². The van der Waals surface area contributed by atoms with Crippen LogP contribution in [0.1, 0.15) is 30.0 Å². The number of nitrogens with one attached hydrogen (secondary N) is 1. The Bertz CT molecular complexity index is 1510. The maximum atomic E-state index is 14.1. The first-order valence-electron chi connectivity index (χ1n) is 11.5. The zero-order valence-corrected chi connectivity index (χ0v) is 22.4. The predicted octanol–water partition coefficient (Wildman–Crippen LogP) is 4.36. The third-order valence-electron chi connectivity index (χ3n) is 6.61. The molecule has 1 saturated heterocycles. The van der Waals surface area contributed by atoms with Crippen molar-refractivity contribution >= 4 is 43.9 Å². The van der Waals surface area contributed by atoms with E-state index < -0.39 is 27.1 Å². The highest BCUT2D eigenvalue weighted by Crippen LogP contribution is 2.39. The molecule has 1 aromatic heterocycles. The zero-order chi connectivity index (χ0) is 27.1. The van der Waals surface area contributed by atoms with E-state index in [1.165, 1.54) is 25.1 Å². The van der Waals surface area contributed by atoms with E-state index in [9.17, 15) is 26.4 Å². The van der Waals surface area contributed by atoms with Gasteiger partial charge >= 0.3 is 6.18 Å². The van der Waals surface area contributed by atoms with Crippen molar-refractivity contribution in [2.75, 3.05) is 25.9 Å². The summed E-state index contributed by atoms with van der Waals surface area (Å²) < 4.78 is 68.5. The van der Waals surface area contributed by atoms with Crippen LogP contribution >= 0.6 is 23.2 Å². The predicted molar refractivity (Wildman–Crippen MR) is 137 cm³/mol. The quantitative estimate of drug-likeness (QED) is 0.450. The fourth-order valence-corrected chi connectivity index (χ4v) is 6.19. The number of fused-ring (bicyclic) bond motifs is 1. The van der Waals surface area contributed by atoms with Gasteiger partial charge in [0.15, 0.2) is 9.84 Å². The van der Waals surface area contributed by atoms with Crippen molar-refractivity contribution < 1.29 is 21.6 Å². The van der Waals surface area contributed by atoms with Crippen LogP contribution < -0.4 is 10.9 Å². The Hall–Kier alpha value is -2.18. The Morgan fingerprint density at radius 3 is 2.54 bits per heavy atom. The highest BCUT2D eigenvalue weighted by molar-refractivity contribution is 7.91. The molecule has 1 aliphatic rings. The second-order valence-corrected chi connectivity index (χ2v) is 12.0. The number of likely N-dealkylation sites (N-methyl/N-ethyl adjacent to an activating group) is 1. The van der Waals surface area contributed by atoms with E-state index in [2.05, 4.69) is 10.3 Å². The fraction of sp³-hybridized carbons (Fsp3) is 0.417. The number of rotatable bonds is 7.